The Bertz CT molecular complexity index is 2740. The second-order valence-corrected chi connectivity index (χ2v) is 17.5. The minimum absolute atomic E-state index is 0.000609. The van der Waals surface area contributed by atoms with Crippen molar-refractivity contribution in [3.63, 3.8) is 0 Å². The number of aryl methyl sites for hydroxylation is 2. The number of likely N-dealkylation sites (tertiary alicyclic amines) is 1. The van der Waals surface area contributed by atoms with E-state index in [1.807, 2.05) is 36.9 Å². The summed E-state index contributed by atoms with van der Waals surface area (Å²) in [7, 11) is 0. The van der Waals surface area contributed by atoms with Gasteiger partial charge in [0.25, 0.3) is 11.8 Å². The standard InChI is InChI=1S/C47H46F2N8O7/c1-25-43(26(2)64-52-25)29-6-9-37-36(22-29)50-44(38-4-3-5-41(59)55(38)31-7-8-34(48)35(49)23-31)56(37)30-14-18-54(19-15-30)42(60)24-53-16-12-27-20-32-33(21-28(27)13-17-53)47(63)57(46(32)62)39-10-11-40(58)51-45(39)61/h6-9,20-23,30,38-39H,3-5,10-19,24H2,1-2H3,(H,51,58,61)/t38-,39?/m0/s1. The molecule has 2 atom stereocenters. The average molecular weight is 873 g/mol. The fourth-order valence-electron chi connectivity index (χ4n) is 10.4. The summed E-state index contributed by atoms with van der Waals surface area (Å²) in [5.41, 5.74) is 6.70. The molecule has 0 bridgehead atoms. The summed E-state index contributed by atoms with van der Waals surface area (Å²) in [6.45, 7) is 6.07. The third-order valence-corrected chi connectivity index (χ3v) is 13.7. The second kappa shape index (κ2) is 16.2. The number of rotatable bonds is 7. The molecule has 5 aromatic rings. The highest BCUT2D eigenvalue weighted by Crippen LogP contribution is 2.41. The van der Waals surface area contributed by atoms with Crippen LogP contribution in [0.25, 0.3) is 22.2 Å². The van der Waals surface area contributed by atoms with Gasteiger partial charge >= 0.3 is 0 Å². The molecule has 15 nitrogen and oxygen atoms in total. The molecule has 5 aliphatic rings. The molecule has 1 unspecified atom stereocenters. The molecule has 0 saturated carbocycles. The molecule has 10 rings (SSSR count). The van der Waals surface area contributed by atoms with Crippen molar-refractivity contribution in [2.24, 2.45) is 0 Å². The minimum Gasteiger partial charge on any atom is -0.361 e. The largest absolute Gasteiger partial charge is 0.361 e. The second-order valence-electron chi connectivity index (χ2n) is 17.5. The Labute approximate surface area is 366 Å². The van der Waals surface area contributed by atoms with Gasteiger partial charge in [-0.15, -0.1) is 0 Å². The molecule has 3 aromatic carbocycles. The van der Waals surface area contributed by atoms with E-state index in [2.05, 4.69) is 19.9 Å². The summed E-state index contributed by atoms with van der Waals surface area (Å²) in [6, 6.07) is 11.4. The van der Waals surface area contributed by atoms with E-state index in [1.165, 1.54) is 6.07 Å². The summed E-state index contributed by atoms with van der Waals surface area (Å²) in [5, 5.41) is 6.37. The number of imidazole rings is 1. The maximum absolute atomic E-state index is 14.6. The van der Waals surface area contributed by atoms with Crippen molar-refractivity contribution in [2.45, 2.75) is 89.8 Å². The van der Waals surface area contributed by atoms with Gasteiger partial charge in [-0.05, 0) is 112 Å². The summed E-state index contributed by atoms with van der Waals surface area (Å²) in [6.07, 6.45) is 3.96. The van der Waals surface area contributed by atoms with Crippen LogP contribution in [0.2, 0.25) is 0 Å². The maximum atomic E-state index is 14.6. The predicted octanol–water partition coefficient (Wildman–Crippen LogP) is 5.51. The highest BCUT2D eigenvalue weighted by Gasteiger charge is 2.45. The Morgan fingerprint density at radius 1 is 0.781 bits per heavy atom. The summed E-state index contributed by atoms with van der Waals surface area (Å²) in [4.78, 5) is 90.5. The van der Waals surface area contributed by atoms with Gasteiger partial charge in [0.2, 0.25) is 23.6 Å². The van der Waals surface area contributed by atoms with Gasteiger partial charge in [-0.25, -0.2) is 13.8 Å². The van der Waals surface area contributed by atoms with E-state index in [-0.39, 0.29) is 60.5 Å². The number of hydrogen-bond acceptors (Lipinski definition) is 10. The van der Waals surface area contributed by atoms with Crippen LogP contribution in [0.3, 0.4) is 0 Å². The molecule has 3 fully saturated rings. The Morgan fingerprint density at radius 2 is 1.50 bits per heavy atom. The summed E-state index contributed by atoms with van der Waals surface area (Å²) in [5.74, 6) is -3.05. The van der Waals surface area contributed by atoms with Gasteiger partial charge in [0, 0.05) is 62.4 Å². The van der Waals surface area contributed by atoms with Crippen LogP contribution in [0.1, 0.15) is 106 Å². The molecule has 0 radical (unpaired) electrons. The smallest absolute Gasteiger partial charge is 0.262 e. The number of fused-ring (bicyclic) bond motifs is 3. The lowest BCUT2D eigenvalue weighted by Gasteiger charge is -2.38. The molecule has 0 spiro atoms. The van der Waals surface area contributed by atoms with Gasteiger partial charge in [0.05, 0.1) is 40.4 Å². The molecule has 330 valence electrons. The predicted molar refractivity (Wildman–Crippen MR) is 227 cm³/mol. The average Bonchev–Trinajstić information content (AvgIpc) is 3.85. The Hall–Kier alpha value is -6.62. The topological polar surface area (TPSA) is 171 Å². The van der Waals surface area contributed by atoms with Crippen molar-refractivity contribution in [1.29, 1.82) is 0 Å². The lowest BCUT2D eigenvalue weighted by Crippen LogP contribution is -2.54. The number of aromatic nitrogens is 3. The van der Waals surface area contributed by atoms with Crippen LogP contribution in [0, 0.1) is 25.5 Å². The van der Waals surface area contributed by atoms with Crippen molar-refractivity contribution in [3.8, 4) is 11.1 Å². The Kier molecular flexibility index (Phi) is 10.5. The highest BCUT2D eigenvalue weighted by molar-refractivity contribution is 6.23. The SMILES string of the molecule is Cc1noc(C)c1-c1ccc2c(c1)nc([C@@H]1CCCC(=O)N1c1ccc(F)c(F)c1)n2C1CCN(C(=O)CN2CCc3cc4c(cc3CC2)C(=O)N(C2CCC(=O)NC2=O)C4=O)CC1. The molecule has 7 heterocycles. The first-order chi connectivity index (χ1) is 30.8. The number of anilines is 1. The molecule has 6 amide bonds. The van der Waals surface area contributed by atoms with Crippen LogP contribution < -0.4 is 10.2 Å². The molecule has 2 aromatic heterocycles. The van der Waals surface area contributed by atoms with Gasteiger partial charge < -0.3 is 18.9 Å². The summed E-state index contributed by atoms with van der Waals surface area (Å²) < 4.78 is 36.4. The van der Waals surface area contributed by atoms with Crippen LogP contribution in [0.15, 0.2) is 53.1 Å². The number of imide groups is 2. The van der Waals surface area contributed by atoms with E-state index in [0.717, 1.165) is 50.5 Å². The van der Waals surface area contributed by atoms with Crippen molar-refractivity contribution in [2.75, 3.05) is 37.6 Å². The van der Waals surface area contributed by atoms with Crippen molar-refractivity contribution in [3.05, 3.63) is 99.7 Å². The highest BCUT2D eigenvalue weighted by atomic mass is 19.2. The zero-order chi connectivity index (χ0) is 44.6. The number of nitrogens with zero attached hydrogens (tertiary/aromatic N) is 7. The first-order valence-corrected chi connectivity index (χ1v) is 21.9. The lowest BCUT2D eigenvalue weighted by molar-refractivity contribution is -0.136. The monoisotopic (exact) mass is 872 g/mol. The Balaban J connectivity index is 0.857. The van der Waals surface area contributed by atoms with Crippen molar-refractivity contribution in [1.82, 2.24) is 34.7 Å². The van der Waals surface area contributed by atoms with Crippen molar-refractivity contribution < 1.29 is 42.1 Å². The van der Waals surface area contributed by atoms with E-state index < -0.39 is 47.3 Å². The van der Waals surface area contributed by atoms with E-state index in [0.29, 0.717) is 81.8 Å². The molecule has 3 saturated heterocycles. The van der Waals surface area contributed by atoms with Gasteiger partial charge in [0.15, 0.2) is 11.6 Å². The number of halogens is 2. The summed E-state index contributed by atoms with van der Waals surface area (Å²) >= 11 is 0. The van der Waals surface area contributed by atoms with E-state index in [4.69, 9.17) is 9.51 Å². The lowest BCUT2D eigenvalue weighted by atomic mass is 9.96. The number of carbonyl (C=O) groups excluding carboxylic acids is 6. The van der Waals surface area contributed by atoms with E-state index >= 15 is 0 Å². The van der Waals surface area contributed by atoms with E-state index in [9.17, 15) is 37.5 Å². The first kappa shape index (κ1) is 41.4. The zero-order valence-electron chi connectivity index (χ0n) is 35.5. The fourth-order valence-corrected chi connectivity index (χ4v) is 10.4. The van der Waals surface area contributed by atoms with Gasteiger partial charge in [-0.1, -0.05) is 11.2 Å². The number of nitrogens with one attached hydrogen (secondary N) is 1. The van der Waals surface area contributed by atoms with Crippen LogP contribution in [-0.2, 0) is 32.0 Å². The molecule has 5 aliphatic heterocycles. The van der Waals surface area contributed by atoms with Crippen LogP contribution >= 0.6 is 0 Å². The third kappa shape index (κ3) is 7.15. The number of amides is 6. The molecular weight excluding hydrogens is 827 g/mol. The fraction of sp³-hybridized carbons (Fsp3) is 0.404. The third-order valence-electron chi connectivity index (χ3n) is 13.7. The number of benzene rings is 3. The molecular formula is C47H46F2N8O7. The molecule has 1 N–H and O–H groups in total. The van der Waals surface area contributed by atoms with Gasteiger partial charge in [0.1, 0.15) is 17.6 Å². The quantitative estimate of drug-likeness (QED) is 0.206. The van der Waals surface area contributed by atoms with E-state index in [1.54, 1.807) is 17.0 Å². The Morgan fingerprint density at radius 3 is 2.16 bits per heavy atom. The van der Waals surface area contributed by atoms with Crippen LogP contribution in [-0.4, -0.2) is 104 Å². The molecule has 17 heteroatoms. The molecule has 64 heavy (non-hydrogen) atoms. The normalized spacial score (nSPS) is 21.1. The number of carbonyl (C=O) groups is 6. The van der Waals surface area contributed by atoms with Gasteiger partial charge in [-0.3, -0.25) is 43.9 Å². The zero-order valence-corrected chi connectivity index (χ0v) is 35.5. The van der Waals surface area contributed by atoms with Crippen molar-refractivity contribution >= 4 is 52.2 Å². The van der Waals surface area contributed by atoms with Gasteiger partial charge in [-0.2, -0.15) is 0 Å². The first-order valence-electron chi connectivity index (χ1n) is 21.9. The molecule has 0 aliphatic carbocycles. The van der Waals surface area contributed by atoms with Crippen LogP contribution in [0.5, 0.6) is 0 Å². The number of hydrogen-bond donors (Lipinski definition) is 1. The maximum Gasteiger partial charge on any atom is 0.262 e. The number of piperidine rings is 3. The van der Waals surface area contributed by atoms with Crippen LogP contribution in [0.4, 0.5) is 14.5 Å². The minimum atomic E-state index is -1.04.